The monoisotopic (exact) mass is 462 g/mol. The molecule has 0 bridgehead atoms. The third-order valence-corrected chi connectivity index (χ3v) is 5.95. The summed E-state index contributed by atoms with van der Waals surface area (Å²) < 4.78 is 54.3. The number of hydrogen-bond donors (Lipinski definition) is 0. The molecule has 2 heterocycles. The quantitative estimate of drug-likeness (QED) is 0.509. The lowest BCUT2D eigenvalue weighted by molar-refractivity contribution is -0.137. The summed E-state index contributed by atoms with van der Waals surface area (Å²) in [4.78, 5) is 4.26. The highest BCUT2D eigenvalue weighted by Crippen LogP contribution is 2.33. The summed E-state index contributed by atoms with van der Waals surface area (Å²) in [6.45, 7) is 7.16. The SMILES string of the molecule is CC(C)C(c1nnnn1Cc1ccc(F)cc1)N1CCN(c2cccc(C(F)(F)F)c2)CC1. The van der Waals surface area contributed by atoms with Crippen molar-refractivity contribution < 1.29 is 17.6 Å². The van der Waals surface area contributed by atoms with Gasteiger partial charge in [0.2, 0.25) is 0 Å². The van der Waals surface area contributed by atoms with Gasteiger partial charge >= 0.3 is 6.18 Å². The highest BCUT2D eigenvalue weighted by Gasteiger charge is 2.33. The van der Waals surface area contributed by atoms with Crippen molar-refractivity contribution in [1.82, 2.24) is 25.1 Å². The van der Waals surface area contributed by atoms with E-state index in [9.17, 15) is 17.6 Å². The Bertz CT molecular complexity index is 1060. The standard InChI is InChI=1S/C23H26F4N6/c1-16(2)21(22-28-29-30-33(22)15-17-6-8-19(24)9-7-17)32-12-10-31(11-13-32)20-5-3-4-18(14-20)23(25,26)27/h3-9,14,16,21H,10-13,15H2,1-2H3. The van der Waals surface area contributed by atoms with Gasteiger partial charge in [0.25, 0.3) is 0 Å². The molecule has 1 atom stereocenters. The molecule has 176 valence electrons. The van der Waals surface area contributed by atoms with Gasteiger partial charge < -0.3 is 4.90 Å². The minimum absolute atomic E-state index is 0.0518. The Morgan fingerprint density at radius 2 is 1.67 bits per heavy atom. The van der Waals surface area contributed by atoms with Gasteiger partial charge in [-0.15, -0.1) is 5.10 Å². The zero-order chi connectivity index (χ0) is 23.6. The molecule has 0 N–H and O–H groups in total. The van der Waals surface area contributed by atoms with Crippen molar-refractivity contribution in [1.29, 1.82) is 0 Å². The van der Waals surface area contributed by atoms with Gasteiger partial charge in [-0.3, -0.25) is 4.90 Å². The van der Waals surface area contributed by atoms with E-state index in [1.165, 1.54) is 24.3 Å². The second-order valence-corrected chi connectivity index (χ2v) is 8.58. The smallest absolute Gasteiger partial charge is 0.369 e. The highest BCUT2D eigenvalue weighted by atomic mass is 19.4. The van der Waals surface area contributed by atoms with Crippen molar-refractivity contribution in [3.63, 3.8) is 0 Å². The van der Waals surface area contributed by atoms with Gasteiger partial charge in [0.15, 0.2) is 5.82 Å². The van der Waals surface area contributed by atoms with Gasteiger partial charge in [0.1, 0.15) is 5.82 Å². The largest absolute Gasteiger partial charge is 0.416 e. The first-order valence-corrected chi connectivity index (χ1v) is 10.9. The average Bonchev–Trinajstić information content (AvgIpc) is 3.23. The van der Waals surface area contributed by atoms with Gasteiger partial charge in [-0.2, -0.15) is 13.2 Å². The predicted molar refractivity (Wildman–Crippen MR) is 116 cm³/mol. The molecule has 0 amide bonds. The van der Waals surface area contributed by atoms with E-state index < -0.39 is 11.7 Å². The fourth-order valence-electron chi connectivity index (χ4n) is 4.32. The van der Waals surface area contributed by atoms with Crippen LogP contribution in [0.25, 0.3) is 0 Å². The molecule has 33 heavy (non-hydrogen) atoms. The Kier molecular flexibility index (Phi) is 6.64. The number of alkyl halides is 3. The van der Waals surface area contributed by atoms with Crippen molar-refractivity contribution >= 4 is 5.69 Å². The minimum atomic E-state index is -4.36. The molecule has 1 aliphatic heterocycles. The van der Waals surface area contributed by atoms with Crippen LogP contribution in [0.1, 0.15) is 36.8 Å². The van der Waals surface area contributed by atoms with Gasteiger partial charge in [-0.05, 0) is 52.2 Å². The van der Waals surface area contributed by atoms with E-state index in [0.717, 1.165) is 17.5 Å². The molecule has 10 heteroatoms. The van der Waals surface area contributed by atoms with Gasteiger partial charge in [-0.25, -0.2) is 9.07 Å². The summed E-state index contributed by atoms with van der Waals surface area (Å²) in [6, 6.07) is 11.6. The lowest BCUT2D eigenvalue weighted by atomic mass is 10.0. The molecule has 0 saturated carbocycles. The first-order chi connectivity index (χ1) is 15.7. The van der Waals surface area contributed by atoms with Crippen LogP contribution in [0.4, 0.5) is 23.2 Å². The van der Waals surface area contributed by atoms with E-state index in [1.54, 1.807) is 22.9 Å². The molecule has 6 nitrogen and oxygen atoms in total. The maximum Gasteiger partial charge on any atom is 0.416 e. The van der Waals surface area contributed by atoms with Crippen LogP contribution in [0.2, 0.25) is 0 Å². The van der Waals surface area contributed by atoms with Crippen molar-refractivity contribution in [2.75, 3.05) is 31.1 Å². The van der Waals surface area contributed by atoms with Crippen LogP contribution in [0, 0.1) is 11.7 Å². The van der Waals surface area contributed by atoms with Crippen LogP contribution in [0.5, 0.6) is 0 Å². The van der Waals surface area contributed by atoms with Gasteiger partial charge in [0, 0.05) is 31.9 Å². The number of tetrazole rings is 1. The summed E-state index contributed by atoms with van der Waals surface area (Å²) in [5.74, 6) is 0.638. The molecule has 4 rings (SSSR count). The zero-order valence-electron chi connectivity index (χ0n) is 18.5. The number of hydrogen-bond acceptors (Lipinski definition) is 5. The third-order valence-electron chi connectivity index (χ3n) is 5.95. The van der Waals surface area contributed by atoms with Crippen LogP contribution < -0.4 is 4.90 Å². The number of nitrogens with zero attached hydrogens (tertiary/aromatic N) is 6. The number of halogens is 4. The lowest BCUT2D eigenvalue weighted by Crippen LogP contribution is -2.49. The second kappa shape index (κ2) is 9.46. The van der Waals surface area contributed by atoms with E-state index >= 15 is 0 Å². The summed E-state index contributed by atoms with van der Waals surface area (Å²) in [7, 11) is 0. The third kappa shape index (κ3) is 5.32. The Labute approximate surface area is 189 Å². The van der Waals surface area contributed by atoms with Crippen LogP contribution in [-0.4, -0.2) is 51.3 Å². The zero-order valence-corrected chi connectivity index (χ0v) is 18.5. The van der Waals surface area contributed by atoms with E-state index in [-0.39, 0.29) is 17.8 Å². The molecule has 1 unspecified atom stereocenters. The maximum atomic E-state index is 13.2. The van der Waals surface area contributed by atoms with E-state index in [1.807, 2.05) is 4.90 Å². The Morgan fingerprint density at radius 1 is 0.970 bits per heavy atom. The van der Waals surface area contributed by atoms with Crippen LogP contribution >= 0.6 is 0 Å². The van der Waals surface area contributed by atoms with E-state index in [0.29, 0.717) is 38.4 Å². The van der Waals surface area contributed by atoms with Crippen molar-refractivity contribution in [3.05, 3.63) is 71.3 Å². The summed E-state index contributed by atoms with van der Waals surface area (Å²) >= 11 is 0. The lowest BCUT2D eigenvalue weighted by Gasteiger charge is -2.41. The predicted octanol–water partition coefficient (Wildman–Crippen LogP) is 4.40. The molecule has 1 fully saturated rings. The van der Waals surface area contributed by atoms with Gasteiger partial charge in [0.05, 0.1) is 18.2 Å². The van der Waals surface area contributed by atoms with Crippen molar-refractivity contribution in [2.45, 2.75) is 32.6 Å². The highest BCUT2D eigenvalue weighted by molar-refractivity contribution is 5.49. The topological polar surface area (TPSA) is 50.1 Å². The summed E-state index contributed by atoms with van der Waals surface area (Å²) in [5, 5.41) is 12.3. The molecule has 1 saturated heterocycles. The molecule has 0 aliphatic carbocycles. The average molecular weight is 462 g/mol. The first-order valence-electron chi connectivity index (χ1n) is 10.9. The van der Waals surface area contributed by atoms with Crippen LogP contribution in [0.3, 0.4) is 0 Å². The van der Waals surface area contributed by atoms with Crippen LogP contribution in [-0.2, 0) is 12.7 Å². The van der Waals surface area contributed by atoms with Crippen molar-refractivity contribution in [2.24, 2.45) is 5.92 Å². The molecule has 3 aromatic rings. The molecular weight excluding hydrogens is 436 g/mol. The Morgan fingerprint density at radius 3 is 2.30 bits per heavy atom. The number of piperazine rings is 1. The molecule has 2 aromatic carbocycles. The summed E-state index contributed by atoms with van der Waals surface area (Å²) in [5.41, 5.74) is 0.830. The van der Waals surface area contributed by atoms with Crippen molar-refractivity contribution in [3.8, 4) is 0 Å². The summed E-state index contributed by atoms with van der Waals surface area (Å²) in [6.07, 6.45) is -4.36. The first kappa shape index (κ1) is 23.2. The fourth-order valence-corrected chi connectivity index (χ4v) is 4.32. The van der Waals surface area contributed by atoms with E-state index in [2.05, 4.69) is 34.3 Å². The Hall–Kier alpha value is -3.01. The van der Waals surface area contributed by atoms with Gasteiger partial charge in [-0.1, -0.05) is 32.0 Å². The molecular formula is C23H26F4N6. The number of benzene rings is 2. The number of anilines is 1. The normalized spacial score (nSPS) is 16.4. The molecule has 1 aromatic heterocycles. The number of rotatable bonds is 6. The fraction of sp³-hybridized carbons (Fsp3) is 0.435. The maximum absolute atomic E-state index is 13.2. The second-order valence-electron chi connectivity index (χ2n) is 8.58. The number of aromatic nitrogens is 4. The molecule has 1 aliphatic rings. The minimum Gasteiger partial charge on any atom is -0.369 e. The van der Waals surface area contributed by atoms with E-state index in [4.69, 9.17) is 0 Å². The Balaban J connectivity index is 1.48. The molecule has 0 radical (unpaired) electrons. The molecule has 0 spiro atoms. The van der Waals surface area contributed by atoms with Crippen LogP contribution in [0.15, 0.2) is 48.5 Å².